The van der Waals surface area contributed by atoms with Crippen LogP contribution in [-0.2, 0) is 9.47 Å². The van der Waals surface area contributed by atoms with Crippen molar-refractivity contribution in [2.24, 2.45) is 5.73 Å². The second kappa shape index (κ2) is 6.51. The first-order chi connectivity index (χ1) is 4.77. The Morgan fingerprint density at radius 3 is 2.50 bits per heavy atom. The molecule has 60 valence electrons. The molecule has 0 aliphatic rings. The highest BCUT2D eigenvalue weighted by atomic mass is 16.5. The van der Waals surface area contributed by atoms with Gasteiger partial charge in [-0.05, 0) is 6.92 Å². The summed E-state index contributed by atoms with van der Waals surface area (Å²) in [6.45, 7) is 3.90. The summed E-state index contributed by atoms with van der Waals surface area (Å²) in [7, 11) is 0. The van der Waals surface area contributed by atoms with Crippen LogP contribution in [-0.4, -0.2) is 32.3 Å². The van der Waals surface area contributed by atoms with Crippen molar-refractivity contribution in [1.29, 1.82) is 5.41 Å². The Morgan fingerprint density at radius 2 is 2.00 bits per heavy atom. The average molecular weight is 146 g/mol. The Bertz CT molecular complexity index is 95.7. The second-order valence-electron chi connectivity index (χ2n) is 1.77. The molecular weight excluding hydrogens is 132 g/mol. The zero-order valence-electron chi connectivity index (χ0n) is 6.22. The third-order valence-electron chi connectivity index (χ3n) is 0.834. The van der Waals surface area contributed by atoms with E-state index in [0.717, 1.165) is 0 Å². The highest BCUT2D eigenvalue weighted by molar-refractivity contribution is 5.78. The molecule has 0 rings (SSSR count). The number of amidine groups is 1. The number of rotatable bonds is 6. The highest BCUT2D eigenvalue weighted by Crippen LogP contribution is 1.76. The zero-order valence-corrected chi connectivity index (χ0v) is 6.22. The van der Waals surface area contributed by atoms with Crippen LogP contribution in [0.15, 0.2) is 0 Å². The van der Waals surface area contributed by atoms with Crippen molar-refractivity contribution in [2.45, 2.75) is 6.92 Å². The van der Waals surface area contributed by atoms with E-state index in [9.17, 15) is 0 Å². The van der Waals surface area contributed by atoms with Crippen molar-refractivity contribution in [3.63, 3.8) is 0 Å². The van der Waals surface area contributed by atoms with Gasteiger partial charge in [0.1, 0.15) is 12.4 Å². The molecule has 0 aromatic carbocycles. The Labute approximate surface area is 60.8 Å². The van der Waals surface area contributed by atoms with E-state index in [1.165, 1.54) is 0 Å². The van der Waals surface area contributed by atoms with E-state index >= 15 is 0 Å². The summed E-state index contributed by atoms with van der Waals surface area (Å²) in [5, 5.41) is 6.79. The molecule has 0 aromatic heterocycles. The predicted octanol–water partition coefficient (Wildman–Crippen LogP) is -0.0245. The summed E-state index contributed by atoms with van der Waals surface area (Å²) in [5.41, 5.74) is 5.02. The zero-order chi connectivity index (χ0) is 7.82. The van der Waals surface area contributed by atoms with Crippen molar-refractivity contribution >= 4 is 5.84 Å². The van der Waals surface area contributed by atoms with Crippen molar-refractivity contribution < 1.29 is 9.47 Å². The number of nitrogens with one attached hydrogen (secondary N) is 1. The molecule has 0 aromatic rings. The van der Waals surface area contributed by atoms with Crippen LogP contribution >= 0.6 is 0 Å². The van der Waals surface area contributed by atoms with Crippen molar-refractivity contribution in [3.05, 3.63) is 0 Å². The Kier molecular flexibility index (Phi) is 6.11. The van der Waals surface area contributed by atoms with Crippen molar-refractivity contribution in [1.82, 2.24) is 0 Å². The Balaban J connectivity index is 2.84. The van der Waals surface area contributed by atoms with Gasteiger partial charge in [-0.1, -0.05) is 0 Å². The van der Waals surface area contributed by atoms with E-state index in [0.29, 0.717) is 19.8 Å². The smallest absolute Gasteiger partial charge is 0.117 e. The largest absolute Gasteiger partial charge is 0.386 e. The fraction of sp³-hybridized carbons (Fsp3) is 0.833. The van der Waals surface area contributed by atoms with Crippen LogP contribution < -0.4 is 5.73 Å². The van der Waals surface area contributed by atoms with E-state index in [1.54, 1.807) is 0 Å². The first-order valence-corrected chi connectivity index (χ1v) is 3.25. The normalized spacial score (nSPS) is 9.70. The monoisotopic (exact) mass is 146 g/mol. The molecule has 0 fully saturated rings. The van der Waals surface area contributed by atoms with Gasteiger partial charge in [-0.15, -0.1) is 0 Å². The summed E-state index contributed by atoms with van der Waals surface area (Å²) in [6, 6.07) is 0. The lowest BCUT2D eigenvalue weighted by Crippen LogP contribution is -2.18. The molecule has 0 spiro atoms. The van der Waals surface area contributed by atoms with Crippen LogP contribution in [0.4, 0.5) is 0 Å². The number of nitrogens with two attached hydrogens (primary N) is 1. The van der Waals surface area contributed by atoms with Gasteiger partial charge >= 0.3 is 0 Å². The summed E-state index contributed by atoms with van der Waals surface area (Å²) in [6.07, 6.45) is 0. The Hall–Kier alpha value is -0.610. The molecular formula is C6H14N2O2. The van der Waals surface area contributed by atoms with Gasteiger partial charge in [-0.3, -0.25) is 5.41 Å². The van der Waals surface area contributed by atoms with Gasteiger partial charge < -0.3 is 15.2 Å². The van der Waals surface area contributed by atoms with Crippen molar-refractivity contribution in [2.75, 3.05) is 26.4 Å². The molecule has 0 unspecified atom stereocenters. The summed E-state index contributed by atoms with van der Waals surface area (Å²) < 4.78 is 9.90. The van der Waals surface area contributed by atoms with Gasteiger partial charge in [-0.2, -0.15) is 0 Å². The fourth-order valence-electron chi connectivity index (χ4n) is 0.444. The fourth-order valence-corrected chi connectivity index (χ4v) is 0.444. The van der Waals surface area contributed by atoms with Gasteiger partial charge in [0.05, 0.1) is 13.2 Å². The first kappa shape index (κ1) is 9.39. The maximum atomic E-state index is 6.79. The first-order valence-electron chi connectivity index (χ1n) is 3.25. The second-order valence-corrected chi connectivity index (χ2v) is 1.77. The van der Waals surface area contributed by atoms with Crippen LogP contribution in [0.2, 0.25) is 0 Å². The lowest BCUT2D eigenvalue weighted by molar-refractivity contribution is 0.0677. The molecule has 0 aliphatic heterocycles. The van der Waals surface area contributed by atoms with Gasteiger partial charge in [0.2, 0.25) is 0 Å². The molecule has 3 N–H and O–H groups in total. The van der Waals surface area contributed by atoms with Gasteiger partial charge in [0.25, 0.3) is 0 Å². The average Bonchev–Trinajstić information content (AvgIpc) is 1.87. The number of hydrogen-bond donors (Lipinski definition) is 2. The molecule has 0 radical (unpaired) electrons. The molecule has 0 saturated carbocycles. The van der Waals surface area contributed by atoms with E-state index in [1.807, 2.05) is 6.92 Å². The molecule has 0 bridgehead atoms. The number of ether oxygens (including phenoxy) is 2. The molecule has 4 heteroatoms. The van der Waals surface area contributed by atoms with E-state index in [4.69, 9.17) is 20.6 Å². The summed E-state index contributed by atoms with van der Waals surface area (Å²) in [5.74, 6) is 0.0523. The molecule has 0 aliphatic carbocycles. The quantitative estimate of drug-likeness (QED) is 0.314. The van der Waals surface area contributed by atoms with Crippen LogP contribution in [0, 0.1) is 5.41 Å². The topological polar surface area (TPSA) is 68.3 Å². The van der Waals surface area contributed by atoms with Gasteiger partial charge in [0.15, 0.2) is 0 Å². The maximum absolute atomic E-state index is 6.79. The van der Waals surface area contributed by atoms with Crippen LogP contribution in [0.1, 0.15) is 6.92 Å². The van der Waals surface area contributed by atoms with Crippen molar-refractivity contribution in [3.8, 4) is 0 Å². The molecule has 4 nitrogen and oxygen atoms in total. The van der Waals surface area contributed by atoms with Gasteiger partial charge in [0, 0.05) is 6.61 Å². The number of hydrogen-bond acceptors (Lipinski definition) is 3. The minimum atomic E-state index is 0.0523. The molecule has 0 saturated heterocycles. The third kappa shape index (κ3) is 7.39. The minimum Gasteiger partial charge on any atom is -0.386 e. The molecule has 0 amide bonds. The molecule has 10 heavy (non-hydrogen) atoms. The van der Waals surface area contributed by atoms with Crippen LogP contribution in [0.25, 0.3) is 0 Å². The van der Waals surface area contributed by atoms with Crippen LogP contribution in [0.3, 0.4) is 0 Å². The molecule has 0 heterocycles. The minimum absolute atomic E-state index is 0.0523. The SMILES string of the molecule is CCOCCOCC(=N)N. The van der Waals surface area contributed by atoms with E-state index < -0.39 is 0 Å². The van der Waals surface area contributed by atoms with E-state index in [-0.39, 0.29) is 12.4 Å². The van der Waals surface area contributed by atoms with Crippen LogP contribution in [0.5, 0.6) is 0 Å². The predicted molar refractivity (Wildman–Crippen MR) is 39.2 cm³/mol. The summed E-state index contributed by atoms with van der Waals surface area (Å²) >= 11 is 0. The standard InChI is InChI=1S/C6H14N2O2/c1-2-9-3-4-10-5-6(7)8/h2-5H2,1H3,(H3,7,8). The maximum Gasteiger partial charge on any atom is 0.117 e. The lowest BCUT2D eigenvalue weighted by atomic mass is 10.6. The third-order valence-corrected chi connectivity index (χ3v) is 0.834. The van der Waals surface area contributed by atoms with Gasteiger partial charge in [-0.25, -0.2) is 0 Å². The molecule has 0 atom stereocenters. The highest BCUT2D eigenvalue weighted by Gasteiger charge is 1.88. The Morgan fingerprint density at radius 1 is 1.40 bits per heavy atom. The van der Waals surface area contributed by atoms with E-state index in [2.05, 4.69) is 0 Å². The lowest BCUT2D eigenvalue weighted by Gasteiger charge is -2.01. The summed E-state index contributed by atoms with van der Waals surface area (Å²) in [4.78, 5) is 0.